The standard InChI is InChI=1S/C8H13NO4P/c1-9-7-3-5-8(6-4-7)13-14(10,11)12-2/h3-6,9-11H,1-2H3/q+1. The van der Waals surface area contributed by atoms with E-state index in [1.165, 1.54) is 7.11 Å². The van der Waals surface area contributed by atoms with E-state index in [0.29, 0.717) is 5.75 Å². The molecule has 0 aliphatic rings. The molecule has 1 aromatic rings. The Balaban J connectivity index is 2.69. The minimum absolute atomic E-state index is 0.351. The minimum atomic E-state index is -3.69. The van der Waals surface area contributed by atoms with Gasteiger partial charge in [0.05, 0.1) is 7.11 Å². The molecule has 0 amide bonds. The molecule has 3 N–H and O–H groups in total. The number of benzene rings is 1. The quantitative estimate of drug-likeness (QED) is 0.666. The van der Waals surface area contributed by atoms with Gasteiger partial charge in [-0.05, 0) is 24.3 Å². The summed E-state index contributed by atoms with van der Waals surface area (Å²) in [5.74, 6) is 0.351. The van der Waals surface area contributed by atoms with E-state index >= 15 is 0 Å². The van der Waals surface area contributed by atoms with E-state index in [1.54, 1.807) is 31.3 Å². The second-order valence-corrected chi connectivity index (χ2v) is 4.07. The third-order valence-corrected chi connectivity index (χ3v) is 2.53. The second kappa shape index (κ2) is 4.57. The molecule has 0 radical (unpaired) electrons. The van der Waals surface area contributed by atoms with Crippen LogP contribution in [0.1, 0.15) is 0 Å². The van der Waals surface area contributed by atoms with Crippen molar-refractivity contribution in [1.82, 2.24) is 0 Å². The molecule has 0 bridgehead atoms. The molecular formula is C8H13NO4P+. The zero-order chi connectivity index (χ0) is 10.6. The second-order valence-electron chi connectivity index (χ2n) is 2.54. The Morgan fingerprint density at radius 2 is 1.79 bits per heavy atom. The third-order valence-electron chi connectivity index (χ3n) is 1.61. The van der Waals surface area contributed by atoms with Gasteiger partial charge < -0.3 is 5.32 Å². The van der Waals surface area contributed by atoms with E-state index in [0.717, 1.165) is 5.69 Å². The molecule has 78 valence electrons. The van der Waals surface area contributed by atoms with Crippen molar-refractivity contribution >= 4 is 13.9 Å². The molecule has 0 atom stereocenters. The molecule has 0 saturated heterocycles. The van der Waals surface area contributed by atoms with Crippen molar-refractivity contribution in [2.24, 2.45) is 0 Å². The maximum Gasteiger partial charge on any atom is 0.616 e. The normalized spacial score (nSPS) is 11.1. The first-order valence-electron chi connectivity index (χ1n) is 3.95. The van der Waals surface area contributed by atoms with Crippen molar-refractivity contribution in [3.63, 3.8) is 0 Å². The number of hydrogen-bond donors (Lipinski definition) is 3. The van der Waals surface area contributed by atoms with Crippen molar-refractivity contribution < 1.29 is 18.8 Å². The average molecular weight is 218 g/mol. The molecule has 1 aromatic carbocycles. The van der Waals surface area contributed by atoms with Crippen LogP contribution in [0.5, 0.6) is 5.75 Å². The lowest BCUT2D eigenvalue weighted by Gasteiger charge is -2.07. The topological polar surface area (TPSA) is 71.0 Å². The van der Waals surface area contributed by atoms with Crippen molar-refractivity contribution in [1.29, 1.82) is 0 Å². The van der Waals surface area contributed by atoms with Crippen molar-refractivity contribution in [3.8, 4) is 5.75 Å². The first kappa shape index (κ1) is 11.2. The first-order chi connectivity index (χ1) is 6.57. The van der Waals surface area contributed by atoms with Crippen LogP contribution in [-0.4, -0.2) is 23.9 Å². The molecule has 14 heavy (non-hydrogen) atoms. The highest BCUT2D eigenvalue weighted by Gasteiger charge is 2.39. The van der Waals surface area contributed by atoms with Gasteiger partial charge in [-0.15, -0.1) is 4.52 Å². The fraction of sp³-hybridized carbons (Fsp3) is 0.250. The summed E-state index contributed by atoms with van der Waals surface area (Å²) in [6, 6.07) is 6.74. The predicted molar refractivity (Wildman–Crippen MR) is 55.0 cm³/mol. The van der Waals surface area contributed by atoms with Crippen LogP contribution in [0, 0.1) is 0 Å². The summed E-state index contributed by atoms with van der Waals surface area (Å²) in [4.78, 5) is 18.2. The van der Waals surface area contributed by atoms with Crippen LogP contribution in [0.2, 0.25) is 0 Å². The van der Waals surface area contributed by atoms with Gasteiger partial charge >= 0.3 is 8.17 Å². The fourth-order valence-corrected chi connectivity index (χ4v) is 1.33. The molecule has 0 heterocycles. The first-order valence-corrected chi connectivity index (χ1v) is 5.48. The summed E-state index contributed by atoms with van der Waals surface area (Å²) in [5, 5.41) is 2.93. The molecule has 0 saturated carbocycles. The van der Waals surface area contributed by atoms with E-state index in [9.17, 15) is 0 Å². The van der Waals surface area contributed by atoms with Gasteiger partial charge in [-0.2, -0.15) is 9.79 Å². The van der Waals surface area contributed by atoms with Crippen LogP contribution >= 0.6 is 8.17 Å². The van der Waals surface area contributed by atoms with Crippen LogP contribution in [0.3, 0.4) is 0 Å². The highest BCUT2D eigenvalue weighted by molar-refractivity contribution is 7.54. The molecule has 0 fully saturated rings. The van der Waals surface area contributed by atoms with E-state index in [4.69, 9.17) is 14.3 Å². The Hall–Kier alpha value is -0.870. The number of rotatable bonds is 4. The predicted octanol–water partition coefficient (Wildman–Crippen LogP) is 1.42. The van der Waals surface area contributed by atoms with Gasteiger partial charge in [0.1, 0.15) is 0 Å². The zero-order valence-electron chi connectivity index (χ0n) is 7.97. The Labute approximate surface area is 83.0 Å². The molecule has 0 spiro atoms. The number of hydrogen-bond acceptors (Lipinski definition) is 5. The van der Waals surface area contributed by atoms with Crippen molar-refractivity contribution in [3.05, 3.63) is 24.3 Å². The van der Waals surface area contributed by atoms with Gasteiger partial charge in [0.15, 0.2) is 5.75 Å². The highest BCUT2D eigenvalue weighted by Crippen LogP contribution is 2.51. The molecule has 0 aliphatic heterocycles. The van der Waals surface area contributed by atoms with Crippen LogP contribution in [0.4, 0.5) is 5.69 Å². The van der Waals surface area contributed by atoms with Gasteiger partial charge in [-0.3, -0.25) is 4.52 Å². The van der Waals surface area contributed by atoms with Crippen LogP contribution in [-0.2, 0) is 4.52 Å². The fourth-order valence-electron chi connectivity index (χ4n) is 0.857. The molecule has 5 nitrogen and oxygen atoms in total. The lowest BCUT2D eigenvalue weighted by molar-refractivity contribution is 0.201. The highest BCUT2D eigenvalue weighted by atomic mass is 31.2. The Morgan fingerprint density at radius 1 is 1.21 bits per heavy atom. The maximum atomic E-state index is 9.11. The minimum Gasteiger partial charge on any atom is -0.388 e. The van der Waals surface area contributed by atoms with Gasteiger partial charge in [-0.25, -0.2) is 0 Å². The number of nitrogens with one attached hydrogen (secondary N) is 1. The Kier molecular flexibility index (Phi) is 3.66. The average Bonchev–Trinajstić information content (AvgIpc) is 2.19. The van der Waals surface area contributed by atoms with E-state index in [-0.39, 0.29) is 0 Å². The zero-order valence-corrected chi connectivity index (χ0v) is 8.86. The van der Waals surface area contributed by atoms with Gasteiger partial charge in [0.25, 0.3) is 0 Å². The number of anilines is 1. The lowest BCUT2D eigenvalue weighted by atomic mass is 10.3. The maximum absolute atomic E-state index is 9.11. The summed E-state index contributed by atoms with van der Waals surface area (Å²) >= 11 is 0. The van der Waals surface area contributed by atoms with Crippen LogP contribution in [0.25, 0.3) is 0 Å². The third kappa shape index (κ3) is 3.12. The summed E-state index contributed by atoms with van der Waals surface area (Å²) in [7, 11) is -0.721. The molecular weight excluding hydrogens is 205 g/mol. The SMILES string of the molecule is CNc1ccc(O[P+](O)(O)OC)cc1. The molecule has 1 rings (SSSR count). The summed E-state index contributed by atoms with van der Waals surface area (Å²) in [6.45, 7) is 0. The molecule has 0 unspecified atom stereocenters. The summed E-state index contributed by atoms with van der Waals surface area (Å²) < 4.78 is 9.21. The monoisotopic (exact) mass is 218 g/mol. The largest absolute Gasteiger partial charge is 0.616 e. The van der Waals surface area contributed by atoms with E-state index in [2.05, 4.69) is 9.84 Å². The van der Waals surface area contributed by atoms with E-state index in [1.807, 2.05) is 0 Å². The van der Waals surface area contributed by atoms with Crippen molar-refractivity contribution in [2.45, 2.75) is 0 Å². The summed E-state index contributed by atoms with van der Waals surface area (Å²) in [6.07, 6.45) is 0. The summed E-state index contributed by atoms with van der Waals surface area (Å²) in [5.41, 5.74) is 0.912. The Bertz CT molecular complexity index is 288. The van der Waals surface area contributed by atoms with Gasteiger partial charge in [-0.1, -0.05) is 0 Å². The van der Waals surface area contributed by atoms with E-state index < -0.39 is 8.17 Å². The van der Waals surface area contributed by atoms with Gasteiger partial charge in [0.2, 0.25) is 0 Å². The van der Waals surface area contributed by atoms with Crippen molar-refractivity contribution in [2.75, 3.05) is 19.5 Å². The Morgan fingerprint density at radius 3 is 2.21 bits per heavy atom. The van der Waals surface area contributed by atoms with Crippen LogP contribution < -0.4 is 9.84 Å². The smallest absolute Gasteiger partial charge is 0.388 e. The molecule has 6 heteroatoms. The van der Waals surface area contributed by atoms with Gasteiger partial charge in [0, 0.05) is 12.7 Å². The molecule has 0 aromatic heterocycles. The molecule has 0 aliphatic carbocycles. The van der Waals surface area contributed by atoms with Crippen LogP contribution in [0.15, 0.2) is 24.3 Å². The lowest BCUT2D eigenvalue weighted by Crippen LogP contribution is -2.01.